The van der Waals surface area contributed by atoms with Crippen molar-refractivity contribution in [2.45, 2.75) is 19.4 Å². The summed E-state index contributed by atoms with van der Waals surface area (Å²) in [5, 5.41) is 3.25. The maximum absolute atomic E-state index is 5.04. The van der Waals surface area contributed by atoms with E-state index in [-0.39, 0.29) is 0 Å². The van der Waals surface area contributed by atoms with E-state index in [1.165, 1.54) is 11.3 Å². The third-order valence-corrected chi connectivity index (χ3v) is 3.68. The molecule has 3 rings (SSSR count). The molecular formula is C16H20N4O. The highest BCUT2D eigenvalue weighted by Crippen LogP contribution is 2.36. The Kier molecular flexibility index (Phi) is 4.01. The monoisotopic (exact) mass is 284 g/mol. The molecule has 0 radical (unpaired) electrons. The molecule has 110 valence electrons. The topological polar surface area (TPSA) is 50.3 Å². The Labute approximate surface area is 125 Å². The molecule has 1 aliphatic heterocycles. The van der Waals surface area contributed by atoms with Crippen LogP contribution in [0.15, 0.2) is 36.5 Å². The van der Waals surface area contributed by atoms with E-state index in [0.29, 0.717) is 12.6 Å². The second-order valence-electron chi connectivity index (χ2n) is 5.21. The third-order valence-electron chi connectivity index (χ3n) is 3.68. The van der Waals surface area contributed by atoms with Gasteiger partial charge in [0, 0.05) is 31.6 Å². The van der Waals surface area contributed by atoms with Crippen LogP contribution in [0.25, 0.3) is 0 Å². The van der Waals surface area contributed by atoms with Crippen LogP contribution < -0.4 is 10.2 Å². The molecule has 1 aromatic heterocycles. The fourth-order valence-corrected chi connectivity index (χ4v) is 2.71. The van der Waals surface area contributed by atoms with Gasteiger partial charge in [0.1, 0.15) is 5.82 Å². The van der Waals surface area contributed by atoms with E-state index in [1.807, 2.05) is 6.07 Å². The number of hydrogen-bond acceptors (Lipinski definition) is 5. The summed E-state index contributed by atoms with van der Waals surface area (Å²) < 4.78 is 5.04. The predicted molar refractivity (Wildman–Crippen MR) is 84.1 cm³/mol. The first kappa shape index (κ1) is 13.8. The zero-order valence-electron chi connectivity index (χ0n) is 12.4. The molecule has 0 bridgehead atoms. The Bertz CT molecular complexity index is 617. The Hall–Kier alpha value is -2.14. The second-order valence-corrected chi connectivity index (χ2v) is 5.21. The molecule has 0 fully saturated rings. The average Bonchev–Trinajstić information content (AvgIpc) is 2.83. The largest absolute Gasteiger partial charge is 0.383 e. The molecule has 0 saturated heterocycles. The second kappa shape index (κ2) is 6.10. The molecule has 0 amide bonds. The van der Waals surface area contributed by atoms with E-state index in [1.54, 1.807) is 13.3 Å². The van der Waals surface area contributed by atoms with Crippen molar-refractivity contribution in [3.63, 3.8) is 0 Å². The van der Waals surface area contributed by atoms with Crippen molar-refractivity contribution in [2.24, 2.45) is 0 Å². The Morgan fingerprint density at radius 1 is 1.33 bits per heavy atom. The summed E-state index contributed by atoms with van der Waals surface area (Å²) in [7, 11) is 1.69. The number of methoxy groups -OCH3 is 1. The van der Waals surface area contributed by atoms with Gasteiger partial charge in [-0.15, -0.1) is 0 Å². The highest BCUT2D eigenvalue weighted by atomic mass is 16.5. The van der Waals surface area contributed by atoms with Crippen LogP contribution in [0.5, 0.6) is 0 Å². The molecule has 1 N–H and O–H groups in total. The highest BCUT2D eigenvalue weighted by Gasteiger charge is 2.28. The molecule has 0 saturated carbocycles. The summed E-state index contributed by atoms with van der Waals surface area (Å²) in [5.74, 6) is 1.57. The summed E-state index contributed by atoms with van der Waals surface area (Å²) >= 11 is 0. The highest BCUT2D eigenvalue weighted by molar-refractivity contribution is 5.67. The third kappa shape index (κ3) is 2.83. The van der Waals surface area contributed by atoms with Gasteiger partial charge in [-0.3, -0.25) is 0 Å². The van der Waals surface area contributed by atoms with Crippen LogP contribution in [0.2, 0.25) is 0 Å². The number of anilines is 3. The zero-order chi connectivity index (χ0) is 14.7. The number of para-hydroxylation sites is 1. The zero-order valence-corrected chi connectivity index (χ0v) is 12.4. The molecule has 1 aliphatic rings. The Morgan fingerprint density at radius 3 is 3.05 bits per heavy atom. The maximum Gasteiger partial charge on any atom is 0.232 e. The van der Waals surface area contributed by atoms with Crippen molar-refractivity contribution in [3.8, 4) is 0 Å². The maximum atomic E-state index is 5.04. The smallest absolute Gasteiger partial charge is 0.232 e. The quantitative estimate of drug-likeness (QED) is 0.855. The number of fused-ring (bicyclic) bond motifs is 1. The summed E-state index contributed by atoms with van der Waals surface area (Å²) in [4.78, 5) is 11.3. The minimum atomic E-state index is 0.372. The fraction of sp³-hybridized carbons (Fsp3) is 0.375. The van der Waals surface area contributed by atoms with Crippen molar-refractivity contribution < 1.29 is 4.74 Å². The molecule has 0 aliphatic carbocycles. The molecule has 0 spiro atoms. The van der Waals surface area contributed by atoms with E-state index in [9.17, 15) is 0 Å². The molecule has 1 atom stereocenters. The predicted octanol–water partition coefficient (Wildman–Crippen LogP) is 2.62. The molecule has 2 aromatic rings. The SMILES string of the molecule is COCCNc1ccnc(N2c3ccccc3CC2C)n1. The summed E-state index contributed by atoms with van der Waals surface area (Å²) in [6.07, 6.45) is 2.83. The van der Waals surface area contributed by atoms with E-state index in [4.69, 9.17) is 4.74 Å². The first-order chi connectivity index (χ1) is 10.3. The van der Waals surface area contributed by atoms with Gasteiger partial charge in [0.05, 0.1) is 6.61 Å². The molecule has 21 heavy (non-hydrogen) atoms. The number of hydrogen-bond donors (Lipinski definition) is 1. The Balaban J connectivity index is 1.85. The molecule has 1 unspecified atom stereocenters. The van der Waals surface area contributed by atoms with Gasteiger partial charge in [0.15, 0.2) is 0 Å². The standard InChI is InChI=1S/C16H20N4O/c1-12-11-13-5-3-4-6-14(13)20(12)16-18-8-7-15(19-16)17-9-10-21-2/h3-8,12H,9-11H2,1-2H3,(H,17,18,19). The normalized spacial score (nSPS) is 16.9. The van der Waals surface area contributed by atoms with Gasteiger partial charge in [-0.25, -0.2) is 4.98 Å². The van der Waals surface area contributed by atoms with Gasteiger partial charge in [0.25, 0.3) is 0 Å². The van der Waals surface area contributed by atoms with E-state index < -0.39 is 0 Å². The van der Waals surface area contributed by atoms with Crippen LogP contribution in [0.1, 0.15) is 12.5 Å². The molecular weight excluding hydrogens is 264 g/mol. The van der Waals surface area contributed by atoms with Crippen molar-refractivity contribution in [1.82, 2.24) is 9.97 Å². The van der Waals surface area contributed by atoms with Crippen LogP contribution in [0, 0.1) is 0 Å². The van der Waals surface area contributed by atoms with E-state index in [0.717, 1.165) is 24.7 Å². The van der Waals surface area contributed by atoms with Crippen molar-refractivity contribution in [1.29, 1.82) is 0 Å². The summed E-state index contributed by atoms with van der Waals surface area (Å²) in [6.45, 7) is 3.59. The van der Waals surface area contributed by atoms with Crippen LogP contribution in [0.3, 0.4) is 0 Å². The van der Waals surface area contributed by atoms with Crippen molar-refractivity contribution in [3.05, 3.63) is 42.1 Å². The van der Waals surface area contributed by atoms with Gasteiger partial charge >= 0.3 is 0 Å². The molecule has 5 heteroatoms. The number of nitrogens with zero attached hydrogens (tertiary/aromatic N) is 3. The Morgan fingerprint density at radius 2 is 2.19 bits per heavy atom. The lowest BCUT2D eigenvalue weighted by Crippen LogP contribution is -2.26. The molecule has 1 aromatic carbocycles. The fourth-order valence-electron chi connectivity index (χ4n) is 2.71. The van der Waals surface area contributed by atoms with Crippen LogP contribution >= 0.6 is 0 Å². The van der Waals surface area contributed by atoms with Gasteiger partial charge < -0.3 is 15.0 Å². The number of nitrogens with one attached hydrogen (secondary N) is 1. The summed E-state index contributed by atoms with van der Waals surface area (Å²) in [6, 6.07) is 10.7. The average molecular weight is 284 g/mol. The van der Waals surface area contributed by atoms with Crippen molar-refractivity contribution in [2.75, 3.05) is 30.5 Å². The summed E-state index contributed by atoms with van der Waals surface area (Å²) in [5.41, 5.74) is 2.56. The van der Waals surface area contributed by atoms with Gasteiger partial charge in [-0.05, 0) is 31.0 Å². The van der Waals surface area contributed by atoms with Crippen LogP contribution in [-0.2, 0) is 11.2 Å². The van der Waals surface area contributed by atoms with Crippen molar-refractivity contribution >= 4 is 17.5 Å². The molecule has 5 nitrogen and oxygen atoms in total. The van der Waals surface area contributed by atoms with Crippen LogP contribution in [0.4, 0.5) is 17.5 Å². The van der Waals surface area contributed by atoms with E-state index >= 15 is 0 Å². The number of ether oxygens (including phenoxy) is 1. The number of rotatable bonds is 5. The number of aromatic nitrogens is 2. The van der Waals surface area contributed by atoms with Crippen LogP contribution in [-0.4, -0.2) is 36.3 Å². The minimum Gasteiger partial charge on any atom is -0.383 e. The van der Waals surface area contributed by atoms with Gasteiger partial charge in [0.2, 0.25) is 5.95 Å². The number of benzene rings is 1. The van der Waals surface area contributed by atoms with E-state index in [2.05, 4.69) is 51.4 Å². The lowest BCUT2D eigenvalue weighted by molar-refractivity contribution is 0.210. The minimum absolute atomic E-state index is 0.372. The van der Waals surface area contributed by atoms with Gasteiger partial charge in [-0.1, -0.05) is 18.2 Å². The lowest BCUT2D eigenvalue weighted by Gasteiger charge is -2.22. The molecule has 2 heterocycles. The first-order valence-corrected chi connectivity index (χ1v) is 7.22. The first-order valence-electron chi connectivity index (χ1n) is 7.22. The lowest BCUT2D eigenvalue weighted by atomic mass is 10.1. The van der Waals surface area contributed by atoms with Gasteiger partial charge in [-0.2, -0.15) is 4.98 Å².